The van der Waals surface area contributed by atoms with Crippen molar-refractivity contribution in [3.63, 3.8) is 0 Å². The second-order valence-corrected chi connectivity index (χ2v) is 7.18. The summed E-state index contributed by atoms with van der Waals surface area (Å²) in [5.41, 5.74) is 2.11. The molecule has 3 aromatic rings. The number of carbonyl (C=O) groups excluding carboxylic acids is 2. The number of aryl methyl sites for hydroxylation is 1. The normalized spacial score (nSPS) is 14.1. The summed E-state index contributed by atoms with van der Waals surface area (Å²) in [6.45, 7) is 1.81. The van der Waals surface area contributed by atoms with Gasteiger partial charge in [0.05, 0.1) is 12.0 Å². The number of hydrogen-bond acceptors (Lipinski definition) is 5. The van der Waals surface area contributed by atoms with E-state index in [1.54, 1.807) is 18.2 Å². The lowest BCUT2D eigenvalue weighted by Crippen LogP contribution is -2.11. The molecule has 0 amide bonds. The Morgan fingerprint density at radius 1 is 1.15 bits per heavy atom. The molecule has 0 spiro atoms. The molecule has 0 saturated heterocycles. The third-order valence-corrected chi connectivity index (χ3v) is 5.00. The van der Waals surface area contributed by atoms with Gasteiger partial charge in [-0.25, -0.2) is 0 Å². The SMILES string of the molecule is Cc1cc(OC(=O)Cc2ccccc2)cc2c1C(=O)/C(=C/c1cccs1)O2. The molecule has 0 unspecified atom stereocenters. The zero-order valence-corrected chi connectivity index (χ0v) is 15.4. The van der Waals surface area contributed by atoms with Crippen molar-refractivity contribution >= 4 is 29.2 Å². The molecule has 0 bridgehead atoms. The maximum absolute atomic E-state index is 12.6. The van der Waals surface area contributed by atoms with Crippen LogP contribution in [0.5, 0.6) is 11.5 Å². The number of esters is 1. The van der Waals surface area contributed by atoms with Gasteiger partial charge in [-0.05, 0) is 35.6 Å². The second-order valence-electron chi connectivity index (χ2n) is 6.20. The van der Waals surface area contributed by atoms with E-state index >= 15 is 0 Å². The van der Waals surface area contributed by atoms with Gasteiger partial charge in [-0.15, -0.1) is 11.3 Å². The number of thiophene rings is 1. The van der Waals surface area contributed by atoms with Crippen LogP contribution in [0.1, 0.15) is 26.4 Å². The van der Waals surface area contributed by atoms with E-state index in [1.807, 2.05) is 54.8 Å². The molecule has 0 fully saturated rings. The van der Waals surface area contributed by atoms with Gasteiger partial charge in [0.1, 0.15) is 11.5 Å². The molecule has 134 valence electrons. The summed E-state index contributed by atoms with van der Waals surface area (Å²) < 4.78 is 11.2. The van der Waals surface area contributed by atoms with Crippen molar-refractivity contribution in [2.75, 3.05) is 0 Å². The number of Topliss-reactive ketones (excluding diaryl/α,β-unsaturated/α-hetero) is 1. The molecule has 0 aliphatic carbocycles. The largest absolute Gasteiger partial charge is 0.452 e. The minimum Gasteiger partial charge on any atom is -0.452 e. The second kappa shape index (κ2) is 7.21. The van der Waals surface area contributed by atoms with Gasteiger partial charge < -0.3 is 9.47 Å². The minimum absolute atomic E-state index is 0.155. The number of allylic oxidation sites excluding steroid dienone is 1. The number of benzene rings is 2. The Bertz CT molecular complexity index is 1030. The number of fused-ring (bicyclic) bond motifs is 1. The van der Waals surface area contributed by atoms with E-state index in [4.69, 9.17) is 9.47 Å². The van der Waals surface area contributed by atoms with Gasteiger partial charge in [0.2, 0.25) is 5.78 Å². The average Bonchev–Trinajstić information content (AvgIpc) is 3.24. The summed E-state index contributed by atoms with van der Waals surface area (Å²) in [6, 6.07) is 16.5. The molecule has 4 nitrogen and oxygen atoms in total. The van der Waals surface area contributed by atoms with Gasteiger partial charge in [-0.1, -0.05) is 36.4 Å². The van der Waals surface area contributed by atoms with E-state index < -0.39 is 0 Å². The van der Waals surface area contributed by atoms with E-state index in [1.165, 1.54) is 11.3 Å². The highest BCUT2D eigenvalue weighted by atomic mass is 32.1. The van der Waals surface area contributed by atoms with E-state index in [-0.39, 0.29) is 23.9 Å². The summed E-state index contributed by atoms with van der Waals surface area (Å²) in [5.74, 6) is 0.559. The van der Waals surface area contributed by atoms with Crippen LogP contribution < -0.4 is 9.47 Å². The van der Waals surface area contributed by atoms with Gasteiger partial charge in [0, 0.05) is 17.0 Å². The lowest BCUT2D eigenvalue weighted by atomic mass is 10.0. The Morgan fingerprint density at radius 2 is 1.96 bits per heavy atom. The molecular weight excluding hydrogens is 360 g/mol. The molecule has 0 atom stereocenters. The van der Waals surface area contributed by atoms with E-state index in [2.05, 4.69) is 0 Å². The van der Waals surface area contributed by atoms with Crippen LogP contribution in [-0.4, -0.2) is 11.8 Å². The zero-order valence-electron chi connectivity index (χ0n) is 14.6. The highest BCUT2D eigenvalue weighted by Gasteiger charge is 2.30. The molecular formula is C22H16O4S. The fraction of sp³-hybridized carbons (Fsp3) is 0.0909. The minimum atomic E-state index is -0.362. The van der Waals surface area contributed by atoms with Crippen LogP contribution >= 0.6 is 11.3 Å². The Morgan fingerprint density at radius 3 is 2.70 bits per heavy atom. The first kappa shape index (κ1) is 17.2. The lowest BCUT2D eigenvalue weighted by molar-refractivity contribution is -0.133. The number of carbonyl (C=O) groups is 2. The van der Waals surface area contributed by atoms with Crippen LogP contribution in [0.25, 0.3) is 6.08 Å². The molecule has 0 saturated carbocycles. The number of ketones is 1. The van der Waals surface area contributed by atoms with Crippen LogP contribution in [0.4, 0.5) is 0 Å². The molecule has 1 aliphatic heterocycles. The van der Waals surface area contributed by atoms with Gasteiger partial charge in [-0.3, -0.25) is 9.59 Å². The van der Waals surface area contributed by atoms with Gasteiger partial charge >= 0.3 is 5.97 Å². The molecule has 0 radical (unpaired) electrons. The van der Waals surface area contributed by atoms with Crippen LogP contribution in [0.2, 0.25) is 0 Å². The summed E-state index contributed by atoms with van der Waals surface area (Å²) in [6.07, 6.45) is 1.91. The Kier molecular flexibility index (Phi) is 4.60. The van der Waals surface area contributed by atoms with Crippen molar-refractivity contribution in [3.05, 3.63) is 87.3 Å². The van der Waals surface area contributed by atoms with Crippen molar-refractivity contribution in [2.24, 2.45) is 0 Å². The van der Waals surface area contributed by atoms with E-state index in [9.17, 15) is 9.59 Å². The first-order valence-corrected chi connectivity index (χ1v) is 9.35. The first-order chi connectivity index (χ1) is 13.1. The highest BCUT2D eigenvalue weighted by molar-refractivity contribution is 7.10. The quantitative estimate of drug-likeness (QED) is 0.372. The average molecular weight is 376 g/mol. The smallest absolute Gasteiger partial charge is 0.315 e. The monoisotopic (exact) mass is 376 g/mol. The number of rotatable bonds is 4. The maximum atomic E-state index is 12.6. The summed E-state index contributed by atoms with van der Waals surface area (Å²) in [4.78, 5) is 25.8. The fourth-order valence-corrected chi connectivity index (χ4v) is 3.62. The van der Waals surface area contributed by atoms with Crippen molar-refractivity contribution in [1.82, 2.24) is 0 Å². The van der Waals surface area contributed by atoms with Gasteiger partial charge in [0.15, 0.2) is 5.76 Å². The van der Waals surface area contributed by atoms with Gasteiger partial charge in [0.25, 0.3) is 0 Å². The number of hydrogen-bond donors (Lipinski definition) is 0. The standard InChI is InChI=1S/C22H16O4S/c1-14-10-16(25-20(23)11-15-6-3-2-4-7-15)12-18-21(14)22(24)19(26-18)13-17-8-5-9-27-17/h2-10,12-13H,11H2,1H3/b19-13-. The third kappa shape index (κ3) is 3.68. The Hall–Kier alpha value is -3.18. The lowest BCUT2D eigenvalue weighted by Gasteiger charge is -2.08. The predicted octanol–water partition coefficient (Wildman–Crippen LogP) is 4.82. The van der Waals surface area contributed by atoms with Crippen molar-refractivity contribution < 1.29 is 19.1 Å². The molecule has 5 heteroatoms. The Balaban J connectivity index is 1.54. The van der Waals surface area contributed by atoms with Crippen molar-refractivity contribution in [3.8, 4) is 11.5 Å². The van der Waals surface area contributed by atoms with Crippen LogP contribution in [0.15, 0.2) is 65.7 Å². The Labute approximate surface area is 160 Å². The highest BCUT2D eigenvalue weighted by Crippen LogP contribution is 2.37. The molecule has 0 N–H and O–H groups in total. The van der Waals surface area contributed by atoms with Crippen LogP contribution in [0.3, 0.4) is 0 Å². The molecule has 4 rings (SSSR count). The number of ether oxygens (including phenoxy) is 2. The first-order valence-electron chi connectivity index (χ1n) is 8.47. The summed E-state index contributed by atoms with van der Waals surface area (Å²) in [7, 11) is 0. The molecule has 1 aromatic heterocycles. The van der Waals surface area contributed by atoms with Crippen LogP contribution in [-0.2, 0) is 11.2 Å². The molecule has 2 heterocycles. The third-order valence-electron chi connectivity index (χ3n) is 4.18. The van der Waals surface area contributed by atoms with Crippen molar-refractivity contribution in [1.29, 1.82) is 0 Å². The summed E-state index contributed by atoms with van der Waals surface area (Å²) in [5, 5.41) is 1.94. The summed E-state index contributed by atoms with van der Waals surface area (Å²) >= 11 is 1.53. The maximum Gasteiger partial charge on any atom is 0.315 e. The zero-order chi connectivity index (χ0) is 18.8. The van der Waals surface area contributed by atoms with E-state index in [0.717, 1.165) is 16.0 Å². The fourth-order valence-electron chi connectivity index (χ4n) is 2.97. The van der Waals surface area contributed by atoms with Gasteiger partial charge in [-0.2, -0.15) is 0 Å². The van der Waals surface area contributed by atoms with Crippen LogP contribution in [0, 0.1) is 6.92 Å². The molecule has 27 heavy (non-hydrogen) atoms. The van der Waals surface area contributed by atoms with E-state index in [0.29, 0.717) is 17.1 Å². The van der Waals surface area contributed by atoms with Crippen molar-refractivity contribution in [2.45, 2.75) is 13.3 Å². The molecule has 1 aliphatic rings. The topological polar surface area (TPSA) is 52.6 Å². The molecule has 2 aromatic carbocycles. The predicted molar refractivity (Wildman–Crippen MR) is 104 cm³/mol.